The van der Waals surface area contributed by atoms with Gasteiger partial charge in [-0.25, -0.2) is 4.90 Å². The lowest BCUT2D eigenvalue weighted by molar-refractivity contribution is -0.121. The largest absolute Gasteiger partial charge is 0.325 e. The Labute approximate surface area is 154 Å². The maximum atomic E-state index is 12.5. The molecule has 3 rings (SSSR count). The normalized spacial score (nSPS) is 17.0. The van der Waals surface area contributed by atoms with E-state index in [-0.39, 0.29) is 29.9 Å². The Hall–Kier alpha value is -2.31. The summed E-state index contributed by atoms with van der Waals surface area (Å²) in [5.41, 5.74) is 1.15. The second-order valence-corrected chi connectivity index (χ2v) is 7.09. The van der Waals surface area contributed by atoms with Gasteiger partial charge in [-0.1, -0.05) is 35.9 Å². The van der Waals surface area contributed by atoms with Gasteiger partial charge in [-0.15, -0.1) is 11.8 Å². The van der Waals surface area contributed by atoms with Gasteiger partial charge in [0, 0.05) is 17.1 Å². The van der Waals surface area contributed by atoms with Gasteiger partial charge in [-0.2, -0.15) is 0 Å². The van der Waals surface area contributed by atoms with Crippen LogP contribution < -0.4 is 10.2 Å². The highest BCUT2D eigenvalue weighted by atomic mass is 35.5. The second kappa shape index (κ2) is 7.72. The van der Waals surface area contributed by atoms with Crippen molar-refractivity contribution in [1.29, 1.82) is 0 Å². The van der Waals surface area contributed by atoms with Crippen molar-refractivity contribution in [2.24, 2.45) is 0 Å². The average Bonchev–Trinajstić information content (AvgIpc) is 2.88. The first-order valence-electron chi connectivity index (χ1n) is 7.63. The lowest BCUT2D eigenvalue weighted by Crippen LogP contribution is -2.31. The number of hydrogen-bond acceptors (Lipinski definition) is 4. The van der Waals surface area contributed by atoms with Crippen LogP contribution in [0.4, 0.5) is 11.4 Å². The number of nitrogens with one attached hydrogen (secondary N) is 1. The molecule has 0 aliphatic carbocycles. The maximum Gasteiger partial charge on any atom is 0.247 e. The Morgan fingerprint density at radius 2 is 1.92 bits per heavy atom. The minimum Gasteiger partial charge on any atom is -0.325 e. The molecule has 3 amide bonds. The van der Waals surface area contributed by atoms with E-state index in [1.807, 2.05) is 18.2 Å². The Morgan fingerprint density at radius 1 is 1.16 bits per heavy atom. The zero-order chi connectivity index (χ0) is 17.8. The fraction of sp³-hybridized carbons (Fsp3) is 0.167. The van der Waals surface area contributed by atoms with Crippen molar-refractivity contribution < 1.29 is 14.4 Å². The summed E-state index contributed by atoms with van der Waals surface area (Å²) in [6, 6.07) is 15.7. The highest BCUT2D eigenvalue weighted by Crippen LogP contribution is 2.30. The predicted molar refractivity (Wildman–Crippen MR) is 99.9 cm³/mol. The van der Waals surface area contributed by atoms with Crippen molar-refractivity contribution in [3.05, 3.63) is 59.6 Å². The zero-order valence-corrected chi connectivity index (χ0v) is 14.7. The first-order valence-corrected chi connectivity index (χ1v) is 9.06. The third kappa shape index (κ3) is 4.21. The van der Waals surface area contributed by atoms with Gasteiger partial charge in [-0.05, 0) is 30.3 Å². The van der Waals surface area contributed by atoms with Crippen molar-refractivity contribution >= 4 is 52.5 Å². The molecule has 0 radical (unpaired) electrons. The van der Waals surface area contributed by atoms with E-state index in [0.717, 1.165) is 4.90 Å². The maximum absolute atomic E-state index is 12.5. The number of rotatable bonds is 5. The van der Waals surface area contributed by atoms with Gasteiger partial charge >= 0.3 is 0 Å². The fourth-order valence-corrected chi connectivity index (χ4v) is 3.63. The molecule has 1 N–H and O–H groups in total. The van der Waals surface area contributed by atoms with Crippen molar-refractivity contribution in [1.82, 2.24) is 0 Å². The van der Waals surface area contributed by atoms with Crippen LogP contribution in [0.5, 0.6) is 0 Å². The SMILES string of the molecule is O=C(CSC1CC(=O)N(c2cccc(Cl)c2)C1=O)Nc1ccccc1. The molecule has 1 atom stereocenters. The number of anilines is 2. The number of carbonyl (C=O) groups is 3. The summed E-state index contributed by atoms with van der Waals surface area (Å²) in [4.78, 5) is 37.8. The Balaban J connectivity index is 1.60. The lowest BCUT2D eigenvalue weighted by atomic mass is 10.3. The summed E-state index contributed by atoms with van der Waals surface area (Å²) >= 11 is 7.10. The quantitative estimate of drug-likeness (QED) is 0.815. The molecule has 1 heterocycles. The summed E-state index contributed by atoms with van der Waals surface area (Å²) in [5.74, 6) is -0.710. The summed E-state index contributed by atoms with van der Waals surface area (Å²) in [7, 11) is 0. The smallest absolute Gasteiger partial charge is 0.247 e. The van der Waals surface area contributed by atoms with Crippen LogP contribution in [0.1, 0.15) is 6.42 Å². The molecule has 2 aromatic carbocycles. The topological polar surface area (TPSA) is 66.5 Å². The van der Waals surface area contributed by atoms with Crippen LogP contribution in [-0.4, -0.2) is 28.7 Å². The van der Waals surface area contributed by atoms with Crippen molar-refractivity contribution in [3.63, 3.8) is 0 Å². The molecule has 2 aromatic rings. The number of halogens is 1. The summed E-state index contributed by atoms with van der Waals surface area (Å²) < 4.78 is 0. The second-order valence-electron chi connectivity index (χ2n) is 5.47. The van der Waals surface area contributed by atoms with E-state index >= 15 is 0 Å². The molecule has 25 heavy (non-hydrogen) atoms. The van der Waals surface area contributed by atoms with E-state index in [0.29, 0.717) is 16.4 Å². The molecule has 0 aromatic heterocycles. The predicted octanol–water partition coefficient (Wildman–Crippen LogP) is 3.34. The molecule has 0 spiro atoms. The van der Waals surface area contributed by atoms with Gasteiger partial charge in [0.25, 0.3) is 0 Å². The Bertz CT molecular complexity index is 813. The molecule has 1 fully saturated rings. The zero-order valence-electron chi connectivity index (χ0n) is 13.1. The average molecular weight is 375 g/mol. The number of hydrogen-bond donors (Lipinski definition) is 1. The van der Waals surface area contributed by atoms with Crippen molar-refractivity contribution in [2.45, 2.75) is 11.7 Å². The molecular formula is C18H15ClN2O3S. The molecule has 1 saturated heterocycles. The van der Waals surface area contributed by atoms with E-state index in [4.69, 9.17) is 11.6 Å². The number of benzene rings is 2. The molecule has 1 aliphatic heterocycles. The van der Waals surface area contributed by atoms with Crippen molar-refractivity contribution in [3.8, 4) is 0 Å². The molecule has 1 aliphatic rings. The van der Waals surface area contributed by atoms with E-state index in [1.54, 1.807) is 36.4 Å². The first kappa shape index (κ1) is 17.5. The van der Waals surface area contributed by atoms with Crippen LogP contribution in [0.2, 0.25) is 5.02 Å². The lowest BCUT2D eigenvalue weighted by Gasteiger charge is -2.15. The Morgan fingerprint density at radius 3 is 2.64 bits per heavy atom. The number of thioether (sulfide) groups is 1. The van der Waals surface area contributed by atoms with Crippen molar-refractivity contribution in [2.75, 3.05) is 16.0 Å². The van der Waals surface area contributed by atoms with Crippen LogP contribution in [-0.2, 0) is 14.4 Å². The number of nitrogens with zero attached hydrogens (tertiary/aromatic N) is 1. The number of carbonyl (C=O) groups excluding carboxylic acids is 3. The first-order chi connectivity index (χ1) is 12.0. The van der Waals surface area contributed by atoms with E-state index in [1.165, 1.54) is 11.8 Å². The van der Waals surface area contributed by atoms with E-state index in [2.05, 4.69) is 5.32 Å². The van der Waals surface area contributed by atoms with Gasteiger partial charge in [-0.3, -0.25) is 14.4 Å². The minimum atomic E-state index is -0.562. The van der Waals surface area contributed by atoms with Gasteiger partial charge in [0.15, 0.2) is 0 Å². The highest BCUT2D eigenvalue weighted by molar-refractivity contribution is 8.01. The van der Waals surface area contributed by atoms with Gasteiger partial charge in [0.2, 0.25) is 17.7 Å². The molecule has 7 heteroatoms. The van der Waals surface area contributed by atoms with Crippen LogP contribution in [0.15, 0.2) is 54.6 Å². The Kier molecular flexibility index (Phi) is 5.40. The molecule has 128 valence electrons. The van der Waals surface area contributed by atoms with Crippen LogP contribution in [0, 0.1) is 0 Å². The van der Waals surface area contributed by atoms with Gasteiger partial charge < -0.3 is 5.32 Å². The summed E-state index contributed by atoms with van der Waals surface area (Å²) in [6.45, 7) is 0. The van der Waals surface area contributed by atoms with Crippen LogP contribution >= 0.6 is 23.4 Å². The summed E-state index contributed by atoms with van der Waals surface area (Å²) in [5, 5.41) is 2.65. The highest BCUT2D eigenvalue weighted by Gasteiger charge is 2.40. The molecule has 5 nitrogen and oxygen atoms in total. The third-order valence-corrected chi connectivity index (χ3v) is 5.08. The number of imide groups is 1. The molecular weight excluding hydrogens is 360 g/mol. The summed E-state index contributed by atoms with van der Waals surface area (Å²) in [6.07, 6.45) is 0.0780. The monoisotopic (exact) mass is 374 g/mol. The number of amides is 3. The van der Waals surface area contributed by atoms with Crippen LogP contribution in [0.3, 0.4) is 0 Å². The molecule has 0 bridgehead atoms. The molecule has 1 unspecified atom stereocenters. The van der Waals surface area contributed by atoms with E-state index < -0.39 is 5.25 Å². The fourth-order valence-electron chi connectivity index (χ4n) is 2.52. The molecule has 0 saturated carbocycles. The standard InChI is InChI=1S/C18H15ClN2O3S/c19-12-5-4-8-14(9-12)21-17(23)10-15(18(21)24)25-11-16(22)20-13-6-2-1-3-7-13/h1-9,15H,10-11H2,(H,20,22). The minimum absolute atomic E-state index is 0.0780. The van der Waals surface area contributed by atoms with Crippen LogP contribution in [0.25, 0.3) is 0 Å². The van der Waals surface area contributed by atoms with Gasteiger partial charge in [0.1, 0.15) is 0 Å². The van der Waals surface area contributed by atoms with E-state index in [9.17, 15) is 14.4 Å². The van der Waals surface area contributed by atoms with Gasteiger partial charge in [0.05, 0.1) is 16.7 Å². The number of para-hydroxylation sites is 1. The third-order valence-electron chi connectivity index (χ3n) is 3.64.